The third-order valence-corrected chi connectivity index (χ3v) is 6.50. The summed E-state index contributed by atoms with van der Waals surface area (Å²) in [5.41, 5.74) is 3.63. The molecule has 4 rings (SSSR count). The van der Waals surface area contributed by atoms with Crippen molar-refractivity contribution in [1.29, 1.82) is 5.41 Å². The van der Waals surface area contributed by atoms with Gasteiger partial charge in [0.05, 0.1) is 18.3 Å². The van der Waals surface area contributed by atoms with E-state index in [4.69, 9.17) is 15.3 Å². The number of nitrogens with one attached hydrogen (secondary N) is 1. The molecular formula is C26H32N4O5. The molecular weight excluding hydrogens is 448 g/mol. The Morgan fingerprint density at radius 1 is 1.26 bits per heavy atom. The van der Waals surface area contributed by atoms with Crippen molar-refractivity contribution in [3.8, 4) is 5.75 Å². The summed E-state index contributed by atoms with van der Waals surface area (Å²) in [5.74, 6) is -0.809. The van der Waals surface area contributed by atoms with Crippen LogP contribution in [0.25, 0.3) is 0 Å². The third-order valence-electron chi connectivity index (χ3n) is 6.50. The Bertz CT molecular complexity index is 1190. The second kappa shape index (κ2) is 9.30. The van der Waals surface area contributed by atoms with Crippen molar-refractivity contribution in [1.82, 2.24) is 9.88 Å². The maximum atomic E-state index is 13.4. The first kappa shape index (κ1) is 24.7. The zero-order chi connectivity index (χ0) is 25.5. The average Bonchev–Trinajstić information content (AvgIpc) is 3.36. The smallest absolute Gasteiger partial charge is 0.329 e. The lowest BCUT2D eigenvalue weighted by Crippen LogP contribution is -2.31. The SMILES string of the molecule is Cc1ccc2c(n1)C(=N)N(CC(=O)c1cc(N3CCC(OCC(=O)O)C3)c(O)c(C(C)(C)C)c1)C2. The molecule has 0 radical (unpaired) electrons. The summed E-state index contributed by atoms with van der Waals surface area (Å²) in [5, 5.41) is 28.5. The minimum Gasteiger partial charge on any atom is -0.505 e. The van der Waals surface area contributed by atoms with E-state index < -0.39 is 11.4 Å². The highest BCUT2D eigenvalue weighted by Crippen LogP contribution is 2.40. The number of pyridine rings is 1. The molecule has 2 aromatic rings. The van der Waals surface area contributed by atoms with Crippen LogP contribution in [0.3, 0.4) is 0 Å². The van der Waals surface area contributed by atoms with Crippen LogP contribution >= 0.6 is 0 Å². The van der Waals surface area contributed by atoms with Gasteiger partial charge in [-0.25, -0.2) is 9.78 Å². The van der Waals surface area contributed by atoms with E-state index in [2.05, 4.69) is 4.98 Å². The molecule has 0 amide bonds. The van der Waals surface area contributed by atoms with Crippen LogP contribution in [0, 0.1) is 12.3 Å². The van der Waals surface area contributed by atoms with Gasteiger partial charge in [-0.1, -0.05) is 26.8 Å². The predicted octanol–water partition coefficient (Wildman–Crippen LogP) is 3.10. The van der Waals surface area contributed by atoms with Crippen molar-refractivity contribution in [2.45, 2.75) is 52.2 Å². The Morgan fingerprint density at radius 3 is 2.69 bits per heavy atom. The number of phenols is 1. The van der Waals surface area contributed by atoms with Gasteiger partial charge in [-0.05, 0) is 37.0 Å². The lowest BCUT2D eigenvalue weighted by molar-refractivity contribution is -0.143. The fourth-order valence-electron chi connectivity index (χ4n) is 4.62. The van der Waals surface area contributed by atoms with Crippen LogP contribution in [0.5, 0.6) is 5.75 Å². The van der Waals surface area contributed by atoms with E-state index in [0.29, 0.717) is 48.6 Å². The van der Waals surface area contributed by atoms with Gasteiger partial charge in [0.1, 0.15) is 23.9 Å². The van der Waals surface area contributed by atoms with Crippen LogP contribution in [0.1, 0.15) is 60.1 Å². The number of anilines is 1. The van der Waals surface area contributed by atoms with Crippen molar-refractivity contribution in [2.24, 2.45) is 0 Å². The van der Waals surface area contributed by atoms with Gasteiger partial charge in [0.25, 0.3) is 0 Å². The molecule has 35 heavy (non-hydrogen) atoms. The molecule has 9 heteroatoms. The molecule has 1 fully saturated rings. The number of Topliss-reactive ketones (excluding diaryl/α,β-unsaturated/α-hetero) is 1. The molecule has 186 valence electrons. The van der Waals surface area contributed by atoms with Crippen molar-refractivity contribution in [2.75, 3.05) is 31.1 Å². The Labute approximate surface area is 204 Å². The molecule has 1 aromatic carbocycles. The lowest BCUT2D eigenvalue weighted by atomic mass is 9.84. The van der Waals surface area contributed by atoms with E-state index in [1.807, 2.05) is 44.7 Å². The molecule has 3 N–H and O–H groups in total. The maximum absolute atomic E-state index is 13.4. The fraction of sp³-hybridized carbons (Fsp3) is 0.462. The van der Waals surface area contributed by atoms with Crippen LogP contribution in [-0.2, 0) is 21.5 Å². The van der Waals surface area contributed by atoms with Gasteiger partial charge in [-0.3, -0.25) is 10.2 Å². The quantitative estimate of drug-likeness (QED) is 0.516. The van der Waals surface area contributed by atoms with Gasteiger partial charge >= 0.3 is 5.97 Å². The number of carbonyl (C=O) groups excluding carboxylic acids is 1. The number of phenolic OH excluding ortho intramolecular Hbond substituents is 1. The number of aliphatic carboxylic acids is 1. The first-order valence-corrected chi connectivity index (χ1v) is 11.7. The Kier molecular flexibility index (Phi) is 6.55. The molecule has 2 aliphatic rings. The lowest BCUT2D eigenvalue weighted by Gasteiger charge is -2.27. The van der Waals surface area contributed by atoms with Gasteiger partial charge < -0.3 is 24.7 Å². The molecule has 1 saturated heterocycles. The highest BCUT2D eigenvalue weighted by Gasteiger charge is 2.32. The minimum atomic E-state index is -1.02. The largest absolute Gasteiger partial charge is 0.505 e. The van der Waals surface area contributed by atoms with Gasteiger partial charge in [-0.15, -0.1) is 0 Å². The summed E-state index contributed by atoms with van der Waals surface area (Å²) in [6.07, 6.45) is 0.369. The van der Waals surface area contributed by atoms with Crippen molar-refractivity contribution in [3.63, 3.8) is 0 Å². The van der Waals surface area contributed by atoms with Crippen molar-refractivity contribution < 1.29 is 24.5 Å². The van der Waals surface area contributed by atoms with Crippen LogP contribution in [0.4, 0.5) is 5.69 Å². The summed E-state index contributed by atoms with van der Waals surface area (Å²) < 4.78 is 5.44. The van der Waals surface area contributed by atoms with Crippen molar-refractivity contribution >= 4 is 23.3 Å². The minimum absolute atomic E-state index is 0.0341. The zero-order valence-electron chi connectivity index (χ0n) is 20.6. The van der Waals surface area contributed by atoms with Crippen molar-refractivity contribution in [3.05, 3.63) is 52.3 Å². The Balaban J connectivity index is 1.59. The van der Waals surface area contributed by atoms with Gasteiger partial charge in [-0.2, -0.15) is 0 Å². The highest BCUT2D eigenvalue weighted by molar-refractivity contribution is 6.05. The number of benzene rings is 1. The number of ketones is 1. The topological polar surface area (TPSA) is 127 Å². The number of hydrogen-bond acceptors (Lipinski definition) is 7. The number of aromatic nitrogens is 1. The average molecular weight is 481 g/mol. The molecule has 0 saturated carbocycles. The van der Waals surface area contributed by atoms with Crippen LogP contribution in [-0.4, -0.2) is 70.0 Å². The molecule has 1 unspecified atom stereocenters. The summed E-state index contributed by atoms with van der Waals surface area (Å²) >= 11 is 0. The molecule has 1 atom stereocenters. The number of carboxylic acids is 1. The first-order chi connectivity index (χ1) is 16.4. The molecule has 0 aliphatic carbocycles. The van der Waals surface area contributed by atoms with E-state index in [1.54, 1.807) is 17.0 Å². The molecule has 1 aromatic heterocycles. The number of carbonyl (C=O) groups is 2. The number of fused-ring (bicyclic) bond motifs is 1. The number of aromatic hydroxyl groups is 1. The number of hydrogen-bond donors (Lipinski definition) is 3. The monoisotopic (exact) mass is 480 g/mol. The highest BCUT2D eigenvalue weighted by atomic mass is 16.5. The molecule has 0 spiro atoms. The summed E-state index contributed by atoms with van der Waals surface area (Å²) in [6, 6.07) is 7.29. The summed E-state index contributed by atoms with van der Waals surface area (Å²) in [7, 11) is 0. The van der Waals surface area contributed by atoms with E-state index in [9.17, 15) is 14.7 Å². The Hall–Kier alpha value is -3.46. The number of rotatable bonds is 7. The standard InChI is InChI=1S/C26H32N4O5/c1-15-5-6-16-11-30(25(27)23(16)28-15)13-21(31)17-9-19(26(2,3)4)24(34)20(10-17)29-8-7-18(12-29)35-14-22(32)33/h5-6,9-10,18,27,34H,7-8,11-14H2,1-4H3,(H,32,33). The second-order valence-corrected chi connectivity index (χ2v) is 10.3. The predicted molar refractivity (Wildman–Crippen MR) is 132 cm³/mol. The zero-order valence-corrected chi connectivity index (χ0v) is 20.6. The summed E-state index contributed by atoms with van der Waals surface area (Å²) in [6.45, 7) is 8.94. The van der Waals surface area contributed by atoms with E-state index in [1.165, 1.54) is 0 Å². The second-order valence-electron chi connectivity index (χ2n) is 10.3. The normalized spacial score (nSPS) is 17.7. The third kappa shape index (κ3) is 5.14. The molecule has 0 bridgehead atoms. The molecule has 3 heterocycles. The number of nitrogens with zero attached hydrogens (tertiary/aromatic N) is 3. The fourth-order valence-corrected chi connectivity index (χ4v) is 4.62. The van der Waals surface area contributed by atoms with Crippen LogP contribution in [0.2, 0.25) is 0 Å². The number of aryl methyl sites for hydroxylation is 1. The van der Waals surface area contributed by atoms with Gasteiger partial charge in [0.2, 0.25) is 0 Å². The first-order valence-electron chi connectivity index (χ1n) is 11.7. The molecule has 9 nitrogen and oxygen atoms in total. The van der Waals surface area contributed by atoms with E-state index in [-0.39, 0.29) is 36.6 Å². The summed E-state index contributed by atoms with van der Waals surface area (Å²) in [4.78, 5) is 32.4. The van der Waals surface area contributed by atoms with E-state index >= 15 is 0 Å². The van der Waals surface area contributed by atoms with Gasteiger partial charge in [0.15, 0.2) is 5.78 Å². The number of carboxylic acid groups (broad SMARTS) is 1. The van der Waals surface area contributed by atoms with Crippen LogP contribution < -0.4 is 4.90 Å². The molecule has 2 aliphatic heterocycles. The number of amidine groups is 1. The van der Waals surface area contributed by atoms with Gasteiger partial charge in [0, 0.05) is 42.0 Å². The van der Waals surface area contributed by atoms with E-state index in [0.717, 1.165) is 11.3 Å². The van der Waals surface area contributed by atoms with Crippen LogP contribution in [0.15, 0.2) is 24.3 Å². The number of ether oxygens (including phenoxy) is 1. The Morgan fingerprint density at radius 2 is 2.00 bits per heavy atom. The maximum Gasteiger partial charge on any atom is 0.329 e.